The lowest BCUT2D eigenvalue weighted by atomic mass is 10.0. The molecule has 0 saturated heterocycles. The number of ether oxygens (including phenoxy) is 3. The van der Waals surface area contributed by atoms with Crippen molar-refractivity contribution in [3.05, 3.63) is 83.9 Å². The number of carbonyl (C=O) groups is 4. The number of fused-ring (bicyclic) bond motifs is 3. The highest BCUT2D eigenvalue weighted by Crippen LogP contribution is 2.33. The Morgan fingerprint density at radius 3 is 2.33 bits per heavy atom. The summed E-state index contributed by atoms with van der Waals surface area (Å²) in [5.74, 6) is -0.484. The number of hydrogen-bond acceptors (Lipinski definition) is 10. The van der Waals surface area contributed by atoms with Crippen molar-refractivity contribution in [2.45, 2.75) is 61.9 Å². The Bertz CT molecular complexity index is 1880. The number of nitrogens with zero attached hydrogens (tertiary/aromatic N) is 1. The highest BCUT2D eigenvalue weighted by atomic mass is 32.2. The van der Waals surface area contributed by atoms with Gasteiger partial charge in [-0.3, -0.25) is 19.2 Å². The first-order valence-corrected chi connectivity index (χ1v) is 20.1. The second kappa shape index (κ2) is 20.5. The molecule has 5 rings (SSSR count). The van der Waals surface area contributed by atoms with Gasteiger partial charge in [-0.05, 0) is 67.6 Å². The van der Waals surface area contributed by atoms with Crippen molar-refractivity contribution in [3.63, 3.8) is 0 Å². The average molecular weight is 779 g/mol. The SMILES string of the molecule is NCCCC[C@@H]1NC(=O)Cc2cccc(c2)OCCNC(=O)CCCN(S(=O)(=O)c2ccc3c(c2)OCCO3)CCNC(=O)[C@@H](Cc2ccccc2)NC1=O. The van der Waals surface area contributed by atoms with Crippen molar-refractivity contribution in [2.24, 2.45) is 5.73 Å². The fraction of sp³-hybridized carbons (Fsp3) is 0.436. The molecular weight excluding hydrogens is 729 g/mol. The van der Waals surface area contributed by atoms with E-state index in [-0.39, 0.29) is 81.8 Å². The Balaban J connectivity index is 1.39. The summed E-state index contributed by atoms with van der Waals surface area (Å²) < 4.78 is 46.2. The molecule has 16 heteroatoms. The Hall–Kier alpha value is -5.19. The molecule has 0 aliphatic carbocycles. The van der Waals surface area contributed by atoms with Crippen LogP contribution in [0.1, 0.15) is 43.2 Å². The van der Waals surface area contributed by atoms with E-state index in [1.54, 1.807) is 24.3 Å². The van der Waals surface area contributed by atoms with E-state index >= 15 is 0 Å². The first-order valence-electron chi connectivity index (χ1n) is 18.6. The molecule has 0 radical (unpaired) electrons. The minimum Gasteiger partial charge on any atom is -0.492 e. The van der Waals surface area contributed by atoms with Crippen molar-refractivity contribution in [1.82, 2.24) is 25.6 Å². The summed E-state index contributed by atoms with van der Waals surface area (Å²) >= 11 is 0. The standard InChI is InChI=1S/C39H50N6O9S/c40-16-5-4-12-32-39(49)44-33(25-28-8-2-1-3-9-28)38(48)42-17-20-45(55(50,51)31-14-15-34-35(27-31)54-23-22-53-34)19-7-13-36(46)41-18-21-52-30-11-6-10-29(24-30)26-37(47)43-32/h1-3,6,8-11,14-15,24,27,32-33H,4-5,7,12-13,16-23,25-26,40H2,(H,41,46)(H,42,48)(H,43,47)(H,44,49)/t32-,33+/m0/s1. The molecule has 2 atom stereocenters. The molecule has 2 aliphatic rings. The third kappa shape index (κ3) is 12.4. The Labute approximate surface area is 321 Å². The summed E-state index contributed by atoms with van der Waals surface area (Å²) in [5.41, 5.74) is 7.16. The van der Waals surface area contributed by atoms with Crippen LogP contribution in [0.3, 0.4) is 0 Å². The number of nitrogens with one attached hydrogen (secondary N) is 4. The van der Waals surface area contributed by atoms with Crippen LogP contribution < -0.4 is 41.2 Å². The van der Waals surface area contributed by atoms with Gasteiger partial charge in [0, 0.05) is 38.5 Å². The molecule has 2 heterocycles. The zero-order chi connectivity index (χ0) is 39.0. The van der Waals surface area contributed by atoms with Crippen molar-refractivity contribution in [3.8, 4) is 17.2 Å². The molecule has 2 aliphatic heterocycles. The lowest BCUT2D eigenvalue weighted by Crippen LogP contribution is -2.55. The second-order valence-corrected chi connectivity index (χ2v) is 15.2. The number of sulfonamides is 1. The molecule has 0 unspecified atom stereocenters. The average Bonchev–Trinajstić information content (AvgIpc) is 3.18. The van der Waals surface area contributed by atoms with Crippen LogP contribution in [0, 0.1) is 0 Å². The van der Waals surface area contributed by atoms with Crippen molar-refractivity contribution in [1.29, 1.82) is 0 Å². The zero-order valence-electron chi connectivity index (χ0n) is 30.8. The lowest BCUT2D eigenvalue weighted by molar-refractivity contribution is -0.132. The van der Waals surface area contributed by atoms with E-state index in [0.717, 1.165) is 5.56 Å². The van der Waals surface area contributed by atoms with Crippen LogP contribution in [0.5, 0.6) is 17.2 Å². The number of carbonyl (C=O) groups excluding carboxylic acids is 4. The summed E-state index contributed by atoms with van der Waals surface area (Å²) in [7, 11) is -4.12. The van der Waals surface area contributed by atoms with E-state index in [1.165, 1.54) is 22.5 Å². The van der Waals surface area contributed by atoms with E-state index in [2.05, 4.69) is 21.3 Å². The highest BCUT2D eigenvalue weighted by Gasteiger charge is 2.29. The third-order valence-corrected chi connectivity index (χ3v) is 11.0. The van der Waals surface area contributed by atoms with E-state index in [1.807, 2.05) is 30.3 Å². The maximum Gasteiger partial charge on any atom is 0.243 e. The van der Waals surface area contributed by atoms with Gasteiger partial charge < -0.3 is 41.2 Å². The molecule has 4 amide bonds. The predicted octanol–water partition coefficient (Wildman–Crippen LogP) is 1.44. The number of benzene rings is 3. The van der Waals surface area contributed by atoms with Crippen molar-refractivity contribution in [2.75, 3.05) is 52.5 Å². The fourth-order valence-electron chi connectivity index (χ4n) is 6.25. The van der Waals surface area contributed by atoms with Gasteiger partial charge in [0.05, 0.1) is 17.9 Å². The molecule has 0 fully saturated rings. The van der Waals surface area contributed by atoms with Gasteiger partial charge in [-0.25, -0.2) is 8.42 Å². The van der Waals surface area contributed by atoms with Crippen LogP contribution in [0.4, 0.5) is 0 Å². The van der Waals surface area contributed by atoms with Gasteiger partial charge in [0.15, 0.2) is 11.5 Å². The van der Waals surface area contributed by atoms with Crippen LogP contribution in [0.2, 0.25) is 0 Å². The maximum atomic E-state index is 14.0. The third-order valence-electron chi connectivity index (χ3n) is 9.09. The molecule has 3 aromatic rings. The molecule has 55 heavy (non-hydrogen) atoms. The number of rotatable bonds is 8. The Morgan fingerprint density at radius 1 is 0.727 bits per heavy atom. The van der Waals surface area contributed by atoms with Crippen molar-refractivity contribution >= 4 is 33.7 Å². The number of amides is 4. The first-order chi connectivity index (χ1) is 26.6. The van der Waals surface area contributed by atoms with Crippen LogP contribution in [0.15, 0.2) is 77.7 Å². The summed E-state index contributed by atoms with van der Waals surface area (Å²) in [5, 5.41) is 11.3. The fourth-order valence-corrected chi connectivity index (χ4v) is 7.74. The van der Waals surface area contributed by atoms with Gasteiger partial charge in [-0.2, -0.15) is 4.31 Å². The molecule has 0 spiro atoms. The number of nitrogens with two attached hydrogens (primary N) is 1. The minimum absolute atomic E-state index is 0.0162. The molecule has 6 N–H and O–H groups in total. The smallest absolute Gasteiger partial charge is 0.243 e. The van der Waals surface area contributed by atoms with E-state index in [9.17, 15) is 27.6 Å². The Kier molecular flexibility index (Phi) is 15.3. The molecule has 0 aromatic heterocycles. The highest BCUT2D eigenvalue weighted by molar-refractivity contribution is 7.89. The van der Waals surface area contributed by atoms with Crippen LogP contribution in [-0.4, -0.2) is 101 Å². The van der Waals surface area contributed by atoms with E-state index in [0.29, 0.717) is 55.2 Å². The normalized spacial score (nSPS) is 19.9. The van der Waals surface area contributed by atoms with E-state index < -0.39 is 33.9 Å². The van der Waals surface area contributed by atoms with Gasteiger partial charge in [-0.1, -0.05) is 42.5 Å². The zero-order valence-corrected chi connectivity index (χ0v) is 31.6. The monoisotopic (exact) mass is 778 g/mol. The van der Waals surface area contributed by atoms with Gasteiger partial charge >= 0.3 is 0 Å². The summed E-state index contributed by atoms with van der Waals surface area (Å²) in [6.07, 6.45) is 1.87. The molecular formula is C39H50N6O9S. The van der Waals surface area contributed by atoms with Crippen LogP contribution >= 0.6 is 0 Å². The predicted molar refractivity (Wildman–Crippen MR) is 204 cm³/mol. The second-order valence-electron chi connectivity index (χ2n) is 13.3. The Morgan fingerprint density at radius 2 is 1.53 bits per heavy atom. The van der Waals surface area contributed by atoms with Gasteiger partial charge in [0.2, 0.25) is 33.7 Å². The minimum atomic E-state index is -4.12. The lowest BCUT2D eigenvalue weighted by Gasteiger charge is -2.25. The summed E-state index contributed by atoms with van der Waals surface area (Å²) in [6.45, 7) is 1.18. The number of hydrogen-bond donors (Lipinski definition) is 5. The summed E-state index contributed by atoms with van der Waals surface area (Å²) in [4.78, 5) is 53.6. The van der Waals surface area contributed by atoms with E-state index in [4.69, 9.17) is 19.9 Å². The molecule has 3 aromatic carbocycles. The quantitative estimate of drug-likeness (QED) is 0.208. The van der Waals surface area contributed by atoms with Crippen LogP contribution in [0.25, 0.3) is 0 Å². The molecule has 296 valence electrons. The topological polar surface area (TPSA) is 207 Å². The maximum absolute atomic E-state index is 14.0. The summed E-state index contributed by atoms with van der Waals surface area (Å²) in [6, 6.07) is 18.5. The number of unbranched alkanes of at least 4 members (excludes halogenated alkanes) is 1. The van der Waals surface area contributed by atoms with Gasteiger partial charge in [0.1, 0.15) is 37.7 Å². The first kappa shape index (κ1) is 41.0. The molecule has 2 bridgehead atoms. The van der Waals surface area contributed by atoms with Gasteiger partial charge in [0.25, 0.3) is 0 Å². The van der Waals surface area contributed by atoms with Crippen molar-refractivity contribution < 1.29 is 41.8 Å². The molecule has 15 nitrogen and oxygen atoms in total. The molecule has 0 saturated carbocycles. The van der Waals surface area contributed by atoms with Crippen LogP contribution in [-0.2, 0) is 42.0 Å². The largest absolute Gasteiger partial charge is 0.492 e. The van der Waals surface area contributed by atoms with Gasteiger partial charge in [-0.15, -0.1) is 0 Å².